The van der Waals surface area contributed by atoms with Gasteiger partial charge in [0.1, 0.15) is 11.4 Å². The minimum atomic E-state index is 0.843. The first kappa shape index (κ1) is 38.1. The van der Waals surface area contributed by atoms with E-state index in [4.69, 9.17) is 9.40 Å². The Hall–Kier alpha value is -9.19. The topological polar surface area (TPSA) is 40.8 Å². The number of hydrogen-bond acceptors (Lipinski definition) is 2. The Morgan fingerprint density at radius 2 is 0.838 bits per heavy atom. The van der Waals surface area contributed by atoms with Crippen LogP contribution in [0.2, 0.25) is 0 Å². The third-order valence-corrected chi connectivity index (χ3v) is 13.7. The predicted molar refractivity (Wildman–Crippen MR) is 281 cm³/mol. The lowest BCUT2D eigenvalue weighted by molar-refractivity contribution is 0.666. The third kappa shape index (κ3) is 5.99. The number of hydrogen-bond donors (Lipinski definition) is 0. The summed E-state index contributed by atoms with van der Waals surface area (Å²) in [6.07, 6.45) is 3.91. The second kappa shape index (κ2) is 15.2. The Morgan fingerprint density at radius 3 is 1.56 bits per heavy atom. The quantitative estimate of drug-likeness (QED) is 0.160. The number of fused-ring (bicyclic) bond motifs is 9. The van der Waals surface area contributed by atoms with Crippen LogP contribution in [0.5, 0.6) is 0 Å². The fourth-order valence-electron chi connectivity index (χ4n) is 10.6. The van der Waals surface area contributed by atoms with Crippen LogP contribution < -0.4 is 0 Å². The SMILES string of the molecule is c1ccc(-c2ccc(-c3cccc(-c4ccc5oc6c(-n7c8ccccc8c8ccccc87)cc(-n7c8ccccc8c8cc(-c9nccn9-c9ccccc9)ccc87)cc6c5c4)c3)cc2)cc1. The highest BCUT2D eigenvalue weighted by Crippen LogP contribution is 2.43. The molecule has 0 atom stereocenters. The van der Waals surface area contributed by atoms with Crippen LogP contribution >= 0.6 is 0 Å². The van der Waals surface area contributed by atoms with E-state index in [9.17, 15) is 0 Å². The Balaban J connectivity index is 0.980. The number of benzene rings is 10. The van der Waals surface area contributed by atoms with Crippen molar-refractivity contribution in [1.82, 2.24) is 18.7 Å². The van der Waals surface area contributed by atoms with E-state index in [1.807, 2.05) is 18.5 Å². The summed E-state index contributed by atoms with van der Waals surface area (Å²) in [4.78, 5) is 4.87. The fraction of sp³-hybridized carbons (Fsp3) is 0. The smallest absolute Gasteiger partial charge is 0.159 e. The second-order valence-corrected chi connectivity index (χ2v) is 17.6. The molecule has 68 heavy (non-hydrogen) atoms. The van der Waals surface area contributed by atoms with Crippen molar-refractivity contribution in [2.75, 3.05) is 0 Å². The average Bonchev–Trinajstić information content (AvgIpc) is 4.20. The molecule has 0 spiro atoms. The Morgan fingerprint density at radius 1 is 0.324 bits per heavy atom. The van der Waals surface area contributed by atoms with E-state index in [0.29, 0.717) is 0 Å². The molecule has 0 aliphatic heterocycles. The summed E-state index contributed by atoms with van der Waals surface area (Å²) in [5.41, 5.74) is 17.4. The highest BCUT2D eigenvalue weighted by molar-refractivity contribution is 6.15. The summed E-state index contributed by atoms with van der Waals surface area (Å²) in [5.74, 6) is 0.900. The Bertz CT molecular complexity index is 4190. The molecule has 0 unspecified atom stereocenters. The molecule has 0 amide bonds. The van der Waals surface area contributed by atoms with Crippen LogP contribution in [-0.4, -0.2) is 18.7 Å². The van der Waals surface area contributed by atoms with E-state index in [2.05, 4.69) is 238 Å². The van der Waals surface area contributed by atoms with Gasteiger partial charge in [-0.2, -0.15) is 0 Å². The van der Waals surface area contributed by atoms with Gasteiger partial charge < -0.3 is 13.6 Å². The normalized spacial score (nSPS) is 11.8. The van der Waals surface area contributed by atoms with Crippen molar-refractivity contribution >= 4 is 65.6 Å². The lowest BCUT2D eigenvalue weighted by Crippen LogP contribution is -2.00. The minimum Gasteiger partial charge on any atom is -0.454 e. The van der Waals surface area contributed by atoms with E-state index < -0.39 is 0 Å². The monoisotopic (exact) mass is 868 g/mol. The molecule has 318 valence electrons. The maximum Gasteiger partial charge on any atom is 0.159 e. The summed E-state index contributed by atoms with van der Waals surface area (Å²) >= 11 is 0. The van der Waals surface area contributed by atoms with Gasteiger partial charge in [0.05, 0.1) is 27.8 Å². The van der Waals surface area contributed by atoms with Gasteiger partial charge in [-0.25, -0.2) is 4.98 Å². The van der Waals surface area contributed by atoms with Crippen LogP contribution in [0.15, 0.2) is 247 Å². The van der Waals surface area contributed by atoms with Gasteiger partial charge in [0.15, 0.2) is 5.58 Å². The van der Waals surface area contributed by atoms with Gasteiger partial charge in [0, 0.05) is 61.6 Å². The molecule has 0 radical (unpaired) electrons. The van der Waals surface area contributed by atoms with Crippen LogP contribution in [0.1, 0.15) is 0 Å². The third-order valence-electron chi connectivity index (χ3n) is 13.7. The molecule has 0 saturated heterocycles. The van der Waals surface area contributed by atoms with E-state index in [1.54, 1.807) is 0 Å². The predicted octanol–water partition coefficient (Wildman–Crippen LogP) is 16.6. The molecule has 0 bridgehead atoms. The largest absolute Gasteiger partial charge is 0.454 e. The van der Waals surface area contributed by atoms with Crippen molar-refractivity contribution < 1.29 is 4.42 Å². The second-order valence-electron chi connectivity index (χ2n) is 17.6. The number of nitrogens with zero attached hydrogens (tertiary/aromatic N) is 4. The van der Waals surface area contributed by atoms with Crippen molar-refractivity contribution in [3.05, 3.63) is 243 Å². The Kier molecular flexibility index (Phi) is 8.52. The molecule has 5 nitrogen and oxygen atoms in total. The molecule has 5 heteroatoms. The summed E-state index contributed by atoms with van der Waals surface area (Å²) in [6.45, 7) is 0. The van der Waals surface area contributed by atoms with Gasteiger partial charge in [-0.15, -0.1) is 0 Å². The minimum absolute atomic E-state index is 0.843. The molecule has 14 rings (SSSR count). The number of aromatic nitrogens is 4. The van der Waals surface area contributed by atoms with Crippen molar-refractivity contribution in [3.8, 4) is 61.8 Å². The zero-order chi connectivity index (χ0) is 44.7. The fourth-order valence-corrected chi connectivity index (χ4v) is 10.6. The zero-order valence-electron chi connectivity index (χ0n) is 36.8. The van der Waals surface area contributed by atoms with Crippen LogP contribution in [0, 0.1) is 0 Å². The first-order valence-electron chi connectivity index (χ1n) is 23.1. The van der Waals surface area contributed by atoms with Crippen LogP contribution in [0.3, 0.4) is 0 Å². The maximum atomic E-state index is 7.05. The summed E-state index contributed by atoms with van der Waals surface area (Å²) in [6, 6.07) is 82.9. The molecule has 4 heterocycles. The lowest BCUT2D eigenvalue weighted by Gasteiger charge is -2.14. The molecule has 14 aromatic rings. The van der Waals surface area contributed by atoms with Gasteiger partial charge in [-0.05, 0) is 112 Å². The maximum absolute atomic E-state index is 7.05. The van der Waals surface area contributed by atoms with E-state index in [0.717, 1.165) is 89.0 Å². The molecule has 4 aromatic heterocycles. The standard InChI is InChI=1S/C63H40N4O/c1-3-14-41(15-4-1)42-26-28-43(29-27-42)44-16-13-17-45(36-44)46-31-33-61-54(37-46)55-39-49(40-60(62(55)68-61)67-57-24-11-7-20-50(57)51-21-8-12-25-58(51)67)66-56-23-10-9-22-52(56)53-38-47(30-32-59(53)66)63-64-34-35-65(63)48-18-5-2-6-19-48/h1-40H. The van der Waals surface area contributed by atoms with Crippen molar-refractivity contribution in [2.45, 2.75) is 0 Å². The van der Waals surface area contributed by atoms with E-state index >= 15 is 0 Å². The molecular weight excluding hydrogens is 829 g/mol. The zero-order valence-corrected chi connectivity index (χ0v) is 36.8. The first-order valence-corrected chi connectivity index (χ1v) is 23.1. The number of imidazole rings is 1. The Labute approximate surface area is 391 Å². The van der Waals surface area contributed by atoms with Gasteiger partial charge in [-0.1, -0.05) is 152 Å². The number of rotatable bonds is 7. The first-order chi connectivity index (χ1) is 33.7. The van der Waals surface area contributed by atoms with Gasteiger partial charge in [0.25, 0.3) is 0 Å². The van der Waals surface area contributed by atoms with Crippen LogP contribution in [-0.2, 0) is 0 Å². The van der Waals surface area contributed by atoms with Crippen molar-refractivity contribution in [2.24, 2.45) is 0 Å². The van der Waals surface area contributed by atoms with Crippen LogP contribution in [0.25, 0.3) is 127 Å². The molecule has 10 aromatic carbocycles. The highest BCUT2D eigenvalue weighted by atomic mass is 16.3. The van der Waals surface area contributed by atoms with E-state index in [-0.39, 0.29) is 0 Å². The summed E-state index contributed by atoms with van der Waals surface area (Å²) in [7, 11) is 0. The van der Waals surface area contributed by atoms with Gasteiger partial charge >= 0.3 is 0 Å². The molecular formula is C63H40N4O. The summed E-state index contributed by atoms with van der Waals surface area (Å²) in [5, 5.41) is 6.86. The summed E-state index contributed by atoms with van der Waals surface area (Å²) < 4.78 is 14.0. The number of furan rings is 1. The highest BCUT2D eigenvalue weighted by Gasteiger charge is 2.22. The molecule has 0 aliphatic rings. The number of para-hydroxylation sites is 4. The van der Waals surface area contributed by atoms with Crippen molar-refractivity contribution in [3.63, 3.8) is 0 Å². The molecule has 0 fully saturated rings. The van der Waals surface area contributed by atoms with Crippen LogP contribution in [0.4, 0.5) is 0 Å². The van der Waals surface area contributed by atoms with Gasteiger partial charge in [0.2, 0.25) is 0 Å². The average molecular weight is 869 g/mol. The molecule has 0 N–H and O–H groups in total. The van der Waals surface area contributed by atoms with Gasteiger partial charge in [-0.3, -0.25) is 4.57 Å². The molecule has 0 saturated carbocycles. The lowest BCUT2D eigenvalue weighted by atomic mass is 9.96. The molecule has 0 aliphatic carbocycles. The van der Waals surface area contributed by atoms with E-state index in [1.165, 1.54) is 38.4 Å². The van der Waals surface area contributed by atoms with Crippen molar-refractivity contribution in [1.29, 1.82) is 0 Å².